The third kappa shape index (κ3) is 3.12. The number of aromatic nitrogens is 1. The minimum Gasteiger partial charge on any atom is -0.324 e. The van der Waals surface area contributed by atoms with Crippen molar-refractivity contribution in [3.8, 4) is 0 Å². The summed E-state index contributed by atoms with van der Waals surface area (Å²) in [5.74, 6) is 0. The quantitative estimate of drug-likeness (QED) is 0.908. The van der Waals surface area contributed by atoms with Crippen molar-refractivity contribution >= 4 is 11.8 Å². The van der Waals surface area contributed by atoms with Gasteiger partial charge in [-0.2, -0.15) is 0 Å². The van der Waals surface area contributed by atoms with Gasteiger partial charge in [-0.1, -0.05) is 35.5 Å². The molecule has 2 rings (SSSR count). The predicted molar refractivity (Wildman–Crippen MR) is 76.9 cm³/mol. The lowest BCUT2D eigenvalue weighted by Gasteiger charge is -2.08. The molecule has 0 aliphatic heterocycles. The van der Waals surface area contributed by atoms with Gasteiger partial charge < -0.3 is 5.73 Å². The van der Waals surface area contributed by atoms with Crippen molar-refractivity contribution in [1.29, 1.82) is 0 Å². The molecule has 1 unspecified atom stereocenters. The van der Waals surface area contributed by atoms with Crippen LogP contribution in [0.2, 0.25) is 0 Å². The second kappa shape index (κ2) is 5.55. The summed E-state index contributed by atoms with van der Waals surface area (Å²) in [5.41, 5.74) is 9.46. The first-order valence-electron chi connectivity index (χ1n) is 6.03. The molecule has 1 aromatic carbocycles. The van der Waals surface area contributed by atoms with Gasteiger partial charge in [0.25, 0.3) is 0 Å². The SMILES string of the molecule is Cc1ccc(Sc2ccc(C(C)N)cn2)c(C)c1. The molecule has 0 radical (unpaired) electrons. The van der Waals surface area contributed by atoms with Crippen LogP contribution in [0.3, 0.4) is 0 Å². The summed E-state index contributed by atoms with van der Waals surface area (Å²) in [4.78, 5) is 5.69. The molecule has 2 nitrogen and oxygen atoms in total. The molecular formula is C15H18N2S. The molecular weight excluding hydrogens is 240 g/mol. The van der Waals surface area contributed by atoms with Crippen molar-refractivity contribution in [3.63, 3.8) is 0 Å². The zero-order chi connectivity index (χ0) is 13.1. The van der Waals surface area contributed by atoms with Crippen molar-refractivity contribution in [2.24, 2.45) is 5.73 Å². The minimum atomic E-state index is 0.0395. The van der Waals surface area contributed by atoms with Gasteiger partial charge in [0.15, 0.2) is 0 Å². The largest absolute Gasteiger partial charge is 0.324 e. The molecule has 0 aliphatic carbocycles. The molecule has 94 valence electrons. The molecule has 0 aliphatic rings. The van der Waals surface area contributed by atoms with Crippen LogP contribution in [0, 0.1) is 13.8 Å². The lowest BCUT2D eigenvalue weighted by Crippen LogP contribution is -2.04. The van der Waals surface area contributed by atoms with Gasteiger partial charge in [0.05, 0.1) is 0 Å². The van der Waals surface area contributed by atoms with E-state index >= 15 is 0 Å². The van der Waals surface area contributed by atoms with E-state index in [4.69, 9.17) is 5.73 Å². The van der Waals surface area contributed by atoms with Crippen molar-refractivity contribution in [2.75, 3.05) is 0 Å². The maximum Gasteiger partial charge on any atom is 0.101 e. The van der Waals surface area contributed by atoms with Crippen molar-refractivity contribution < 1.29 is 0 Å². The van der Waals surface area contributed by atoms with Crippen LogP contribution in [0.4, 0.5) is 0 Å². The zero-order valence-electron chi connectivity index (χ0n) is 11.0. The van der Waals surface area contributed by atoms with E-state index in [0.29, 0.717) is 0 Å². The monoisotopic (exact) mass is 258 g/mol. The molecule has 1 aromatic heterocycles. The number of benzene rings is 1. The Morgan fingerprint density at radius 2 is 1.94 bits per heavy atom. The summed E-state index contributed by atoms with van der Waals surface area (Å²) in [6, 6.07) is 10.6. The summed E-state index contributed by atoms with van der Waals surface area (Å²) >= 11 is 1.69. The number of hydrogen-bond donors (Lipinski definition) is 1. The lowest BCUT2D eigenvalue weighted by molar-refractivity contribution is 0.806. The Kier molecular flexibility index (Phi) is 4.04. The molecule has 2 N–H and O–H groups in total. The summed E-state index contributed by atoms with van der Waals surface area (Å²) in [6.45, 7) is 6.21. The van der Waals surface area contributed by atoms with E-state index in [1.165, 1.54) is 16.0 Å². The number of aryl methyl sites for hydroxylation is 2. The standard InChI is InChI=1S/C15H18N2S/c1-10-4-6-14(11(2)8-10)18-15-7-5-13(9-17-15)12(3)16/h4-9,12H,16H2,1-3H3. The Morgan fingerprint density at radius 3 is 2.50 bits per heavy atom. The Bertz CT molecular complexity index is 533. The maximum atomic E-state index is 5.81. The normalized spacial score (nSPS) is 12.4. The molecule has 18 heavy (non-hydrogen) atoms. The number of nitrogens with two attached hydrogens (primary N) is 1. The summed E-state index contributed by atoms with van der Waals surface area (Å²) in [5, 5.41) is 1.01. The Labute approximate surface area is 113 Å². The zero-order valence-corrected chi connectivity index (χ0v) is 11.8. The van der Waals surface area contributed by atoms with Gasteiger partial charge in [-0.05, 0) is 44.0 Å². The predicted octanol–water partition coefficient (Wildman–Crippen LogP) is 3.87. The highest BCUT2D eigenvalue weighted by Crippen LogP contribution is 2.29. The second-order valence-electron chi connectivity index (χ2n) is 4.59. The van der Waals surface area contributed by atoms with E-state index in [1.807, 2.05) is 25.3 Å². The molecule has 0 bridgehead atoms. The Hall–Kier alpha value is -1.32. The van der Waals surface area contributed by atoms with E-state index in [1.54, 1.807) is 11.8 Å². The van der Waals surface area contributed by atoms with E-state index in [9.17, 15) is 0 Å². The molecule has 3 heteroatoms. The van der Waals surface area contributed by atoms with Gasteiger partial charge in [0.2, 0.25) is 0 Å². The fourth-order valence-electron chi connectivity index (χ4n) is 1.75. The summed E-state index contributed by atoms with van der Waals surface area (Å²) in [6.07, 6.45) is 1.86. The minimum absolute atomic E-state index is 0.0395. The number of hydrogen-bond acceptors (Lipinski definition) is 3. The third-order valence-corrected chi connectivity index (χ3v) is 3.96. The number of rotatable bonds is 3. The van der Waals surface area contributed by atoms with Crippen LogP contribution < -0.4 is 5.73 Å². The molecule has 0 saturated heterocycles. The van der Waals surface area contributed by atoms with Crippen LogP contribution in [-0.4, -0.2) is 4.98 Å². The lowest BCUT2D eigenvalue weighted by atomic mass is 10.2. The van der Waals surface area contributed by atoms with Crippen molar-refractivity contribution in [2.45, 2.75) is 36.7 Å². The highest BCUT2D eigenvalue weighted by molar-refractivity contribution is 7.99. The average molecular weight is 258 g/mol. The fourth-order valence-corrected chi connectivity index (χ4v) is 2.57. The molecule has 0 fully saturated rings. The molecule has 0 amide bonds. The summed E-state index contributed by atoms with van der Waals surface area (Å²) < 4.78 is 0. The number of nitrogens with zero attached hydrogens (tertiary/aromatic N) is 1. The molecule has 1 heterocycles. The van der Waals surface area contributed by atoms with Crippen LogP contribution in [0.25, 0.3) is 0 Å². The van der Waals surface area contributed by atoms with Gasteiger partial charge in [-0.15, -0.1) is 0 Å². The van der Waals surface area contributed by atoms with Crippen LogP contribution in [0.5, 0.6) is 0 Å². The maximum absolute atomic E-state index is 5.81. The van der Waals surface area contributed by atoms with Gasteiger partial charge in [0.1, 0.15) is 5.03 Å². The second-order valence-corrected chi connectivity index (χ2v) is 5.65. The molecule has 0 saturated carbocycles. The van der Waals surface area contributed by atoms with Gasteiger partial charge in [-0.3, -0.25) is 0 Å². The molecule has 2 aromatic rings. The topological polar surface area (TPSA) is 38.9 Å². The van der Waals surface area contributed by atoms with Crippen LogP contribution in [0.1, 0.15) is 29.7 Å². The van der Waals surface area contributed by atoms with E-state index in [2.05, 4.69) is 37.0 Å². The van der Waals surface area contributed by atoms with Gasteiger partial charge in [0, 0.05) is 17.1 Å². The smallest absolute Gasteiger partial charge is 0.101 e. The van der Waals surface area contributed by atoms with Crippen LogP contribution in [0.15, 0.2) is 46.5 Å². The molecule has 1 atom stereocenters. The average Bonchev–Trinajstić information content (AvgIpc) is 2.33. The first-order valence-corrected chi connectivity index (χ1v) is 6.84. The number of pyridine rings is 1. The van der Waals surface area contributed by atoms with Gasteiger partial charge in [-0.25, -0.2) is 4.98 Å². The first kappa shape index (κ1) is 13.1. The Morgan fingerprint density at radius 1 is 1.17 bits per heavy atom. The van der Waals surface area contributed by atoms with E-state index < -0.39 is 0 Å². The first-order chi connectivity index (χ1) is 8.56. The Balaban J connectivity index is 2.18. The van der Waals surface area contributed by atoms with Crippen LogP contribution >= 0.6 is 11.8 Å². The summed E-state index contributed by atoms with van der Waals surface area (Å²) in [7, 11) is 0. The van der Waals surface area contributed by atoms with Gasteiger partial charge >= 0.3 is 0 Å². The fraction of sp³-hybridized carbons (Fsp3) is 0.267. The van der Waals surface area contributed by atoms with Crippen molar-refractivity contribution in [3.05, 3.63) is 53.2 Å². The molecule has 0 spiro atoms. The van der Waals surface area contributed by atoms with Crippen molar-refractivity contribution in [1.82, 2.24) is 4.98 Å². The van der Waals surface area contributed by atoms with E-state index in [-0.39, 0.29) is 6.04 Å². The highest BCUT2D eigenvalue weighted by atomic mass is 32.2. The highest BCUT2D eigenvalue weighted by Gasteiger charge is 2.04. The van der Waals surface area contributed by atoms with E-state index in [0.717, 1.165) is 10.6 Å². The third-order valence-electron chi connectivity index (χ3n) is 2.83. The van der Waals surface area contributed by atoms with Crippen LogP contribution in [-0.2, 0) is 0 Å².